The number of anilines is 1. The topological polar surface area (TPSA) is 89.5 Å². The lowest BCUT2D eigenvalue weighted by Crippen LogP contribution is -2.14. The van der Waals surface area contributed by atoms with E-state index in [0.717, 1.165) is 0 Å². The van der Waals surface area contributed by atoms with E-state index in [2.05, 4.69) is 5.32 Å². The largest absolute Gasteiger partial charge is 0.378 e. The van der Waals surface area contributed by atoms with E-state index >= 15 is 0 Å². The molecule has 0 spiro atoms. The molecule has 0 unspecified atom stereocenters. The van der Waals surface area contributed by atoms with Gasteiger partial charge in [0.2, 0.25) is 5.91 Å². The van der Waals surface area contributed by atoms with E-state index in [0.29, 0.717) is 16.3 Å². The lowest BCUT2D eigenvalue weighted by Gasteiger charge is -2.13. The smallest absolute Gasteiger partial charge is 0.339 e. The highest BCUT2D eigenvalue weighted by atomic mass is 35.5. The van der Waals surface area contributed by atoms with Gasteiger partial charge in [0.25, 0.3) is 0 Å². The Balaban J connectivity index is 2.47. The number of benzene rings is 2. The molecule has 0 aliphatic carbocycles. The summed E-state index contributed by atoms with van der Waals surface area (Å²) in [5.41, 5.74) is 0.822. The highest BCUT2D eigenvalue weighted by Gasteiger charge is 2.22. The third kappa shape index (κ3) is 4.58. The van der Waals surface area contributed by atoms with Gasteiger partial charge in [0.15, 0.2) is 11.5 Å². The summed E-state index contributed by atoms with van der Waals surface area (Å²) < 4.78 is 30.4. The van der Waals surface area contributed by atoms with Crippen LogP contribution in [0.1, 0.15) is 29.8 Å². The SMILES string of the molecule is CC(=O)Nc1ccc(C)c(S(=O)(=O)Oc2ccc(Cl)cc2C(C)=O)c1. The van der Waals surface area contributed by atoms with E-state index in [1.807, 2.05) is 0 Å². The van der Waals surface area contributed by atoms with Gasteiger partial charge in [-0.15, -0.1) is 0 Å². The monoisotopic (exact) mass is 381 g/mol. The van der Waals surface area contributed by atoms with Crippen molar-refractivity contribution in [2.75, 3.05) is 5.32 Å². The zero-order valence-corrected chi connectivity index (χ0v) is 15.4. The standard InChI is InChI=1S/C17H16ClNO5S/c1-10-4-6-14(19-12(3)21)9-17(10)25(22,23)24-16-7-5-13(18)8-15(16)11(2)20/h4-9H,1-3H3,(H,19,21). The maximum Gasteiger partial charge on any atom is 0.339 e. The number of ketones is 1. The molecular formula is C17H16ClNO5S. The summed E-state index contributed by atoms with van der Waals surface area (Å²) in [4.78, 5) is 22.8. The molecule has 6 nitrogen and oxygen atoms in total. The van der Waals surface area contributed by atoms with Crippen LogP contribution in [-0.4, -0.2) is 20.1 Å². The second-order valence-electron chi connectivity index (χ2n) is 5.40. The number of halogens is 1. The van der Waals surface area contributed by atoms with E-state index in [1.165, 1.54) is 38.1 Å². The first-order valence-electron chi connectivity index (χ1n) is 7.23. The van der Waals surface area contributed by atoms with Crippen LogP contribution in [0.4, 0.5) is 5.69 Å². The van der Waals surface area contributed by atoms with E-state index in [9.17, 15) is 18.0 Å². The third-order valence-electron chi connectivity index (χ3n) is 3.30. The van der Waals surface area contributed by atoms with Crippen LogP contribution in [0.25, 0.3) is 0 Å². The average molecular weight is 382 g/mol. The Morgan fingerprint density at radius 1 is 1.08 bits per heavy atom. The number of Topliss-reactive ketones (excluding diaryl/α,β-unsaturated/α-hetero) is 1. The number of carbonyl (C=O) groups excluding carboxylic acids is 2. The minimum Gasteiger partial charge on any atom is -0.378 e. The number of nitrogens with one attached hydrogen (secondary N) is 1. The summed E-state index contributed by atoms with van der Waals surface area (Å²) in [7, 11) is -4.22. The number of rotatable bonds is 5. The van der Waals surface area contributed by atoms with Crippen molar-refractivity contribution in [1.29, 1.82) is 0 Å². The minimum absolute atomic E-state index is 0.0618. The molecule has 1 amide bonds. The first-order valence-corrected chi connectivity index (χ1v) is 9.02. The molecule has 2 aromatic carbocycles. The van der Waals surface area contributed by atoms with Crippen molar-refractivity contribution < 1.29 is 22.2 Å². The van der Waals surface area contributed by atoms with Crippen LogP contribution in [0.2, 0.25) is 5.02 Å². The van der Waals surface area contributed by atoms with Gasteiger partial charge in [0.1, 0.15) is 4.90 Å². The molecule has 0 saturated carbocycles. The second-order valence-corrected chi connectivity index (χ2v) is 7.35. The quantitative estimate of drug-likeness (QED) is 0.631. The highest BCUT2D eigenvalue weighted by Crippen LogP contribution is 2.28. The number of amides is 1. The van der Waals surface area contributed by atoms with Gasteiger partial charge in [-0.05, 0) is 49.7 Å². The zero-order chi connectivity index (χ0) is 18.8. The van der Waals surface area contributed by atoms with Gasteiger partial charge in [0, 0.05) is 17.6 Å². The molecule has 0 aliphatic rings. The van der Waals surface area contributed by atoms with Gasteiger partial charge in [-0.25, -0.2) is 0 Å². The Morgan fingerprint density at radius 2 is 1.76 bits per heavy atom. The fraction of sp³-hybridized carbons (Fsp3) is 0.176. The summed E-state index contributed by atoms with van der Waals surface area (Å²) >= 11 is 5.85. The van der Waals surface area contributed by atoms with Crippen molar-refractivity contribution in [3.8, 4) is 5.75 Å². The van der Waals surface area contributed by atoms with E-state index < -0.39 is 10.1 Å². The molecule has 0 atom stereocenters. The van der Waals surface area contributed by atoms with Gasteiger partial charge < -0.3 is 9.50 Å². The number of carbonyl (C=O) groups is 2. The Morgan fingerprint density at radius 3 is 2.36 bits per heavy atom. The fourth-order valence-corrected chi connectivity index (χ4v) is 3.54. The Bertz CT molecular complexity index is 954. The third-order valence-corrected chi connectivity index (χ3v) is 4.91. The molecule has 0 heterocycles. The number of hydrogen-bond donors (Lipinski definition) is 1. The first-order chi connectivity index (χ1) is 11.6. The summed E-state index contributed by atoms with van der Waals surface area (Å²) in [6.45, 7) is 4.20. The van der Waals surface area contributed by atoms with Crippen LogP contribution in [0.15, 0.2) is 41.3 Å². The van der Waals surface area contributed by atoms with Crippen molar-refractivity contribution in [3.05, 3.63) is 52.5 Å². The Labute approximate surface area is 150 Å². The summed E-state index contributed by atoms with van der Waals surface area (Å²) in [5.74, 6) is -0.817. The molecule has 0 radical (unpaired) electrons. The van der Waals surface area contributed by atoms with Crippen LogP contribution >= 0.6 is 11.6 Å². The normalized spacial score (nSPS) is 11.0. The van der Waals surface area contributed by atoms with Crippen LogP contribution in [0.3, 0.4) is 0 Å². The van der Waals surface area contributed by atoms with Crippen molar-refractivity contribution in [1.82, 2.24) is 0 Å². The molecular weight excluding hydrogens is 366 g/mol. The molecule has 2 rings (SSSR count). The fourth-order valence-electron chi connectivity index (χ4n) is 2.16. The molecule has 1 N–H and O–H groups in total. The van der Waals surface area contributed by atoms with E-state index in [4.69, 9.17) is 15.8 Å². The molecule has 0 fully saturated rings. The second kappa shape index (κ2) is 7.25. The Hall–Kier alpha value is -2.38. The number of hydrogen-bond acceptors (Lipinski definition) is 5. The van der Waals surface area contributed by atoms with E-state index in [-0.39, 0.29) is 27.9 Å². The molecule has 8 heteroatoms. The average Bonchev–Trinajstić information content (AvgIpc) is 2.50. The predicted molar refractivity (Wildman–Crippen MR) is 94.8 cm³/mol. The molecule has 0 aromatic heterocycles. The molecule has 2 aromatic rings. The van der Waals surface area contributed by atoms with Gasteiger partial charge in [-0.1, -0.05) is 17.7 Å². The van der Waals surface area contributed by atoms with Crippen LogP contribution in [0.5, 0.6) is 5.75 Å². The lowest BCUT2D eigenvalue weighted by atomic mass is 10.1. The van der Waals surface area contributed by atoms with Crippen molar-refractivity contribution >= 4 is 39.1 Å². The van der Waals surface area contributed by atoms with Crippen molar-refractivity contribution in [2.45, 2.75) is 25.7 Å². The molecule has 25 heavy (non-hydrogen) atoms. The van der Waals surface area contributed by atoms with Crippen molar-refractivity contribution in [3.63, 3.8) is 0 Å². The zero-order valence-electron chi connectivity index (χ0n) is 13.8. The summed E-state index contributed by atoms with van der Waals surface area (Å²) in [6.07, 6.45) is 0. The minimum atomic E-state index is -4.22. The van der Waals surface area contributed by atoms with Crippen LogP contribution in [-0.2, 0) is 14.9 Å². The van der Waals surface area contributed by atoms with Gasteiger partial charge in [0.05, 0.1) is 5.56 Å². The van der Waals surface area contributed by atoms with Crippen LogP contribution in [0, 0.1) is 6.92 Å². The van der Waals surface area contributed by atoms with Gasteiger partial charge >= 0.3 is 10.1 Å². The summed E-state index contributed by atoms with van der Waals surface area (Å²) in [5, 5.41) is 2.81. The van der Waals surface area contributed by atoms with Gasteiger partial charge in [-0.2, -0.15) is 8.42 Å². The molecule has 0 aliphatic heterocycles. The lowest BCUT2D eigenvalue weighted by molar-refractivity contribution is -0.114. The first kappa shape index (κ1) is 19.0. The van der Waals surface area contributed by atoms with E-state index in [1.54, 1.807) is 19.1 Å². The molecule has 0 saturated heterocycles. The van der Waals surface area contributed by atoms with Gasteiger partial charge in [-0.3, -0.25) is 9.59 Å². The molecule has 0 bridgehead atoms. The summed E-state index contributed by atoms with van der Waals surface area (Å²) in [6, 6.07) is 8.53. The Kier molecular flexibility index (Phi) is 5.49. The highest BCUT2D eigenvalue weighted by molar-refractivity contribution is 7.87. The molecule has 132 valence electrons. The number of aryl methyl sites for hydroxylation is 1. The van der Waals surface area contributed by atoms with Crippen LogP contribution < -0.4 is 9.50 Å². The maximum atomic E-state index is 12.6. The van der Waals surface area contributed by atoms with Crippen molar-refractivity contribution in [2.24, 2.45) is 0 Å². The predicted octanol–water partition coefficient (Wildman–Crippen LogP) is 3.58. The maximum absolute atomic E-state index is 12.6.